The molecule has 0 bridgehead atoms. The SMILES string of the molecule is Cc1ccc2c(c1)-c1sc(C(=O)N/N=C/c3coc4cc(C)c(Cl)cc4c3=O)cc1CO2. The highest BCUT2D eigenvalue weighted by molar-refractivity contribution is 7.17. The first kappa shape index (κ1) is 20.5. The molecule has 0 fully saturated rings. The fraction of sp³-hybridized carbons (Fsp3) is 0.125. The van der Waals surface area contributed by atoms with Gasteiger partial charge in [-0.15, -0.1) is 11.3 Å². The predicted molar refractivity (Wildman–Crippen MR) is 126 cm³/mol. The summed E-state index contributed by atoms with van der Waals surface area (Å²) < 4.78 is 11.3. The second-order valence-corrected chi connectivity index (χ2v) is 9.03. The molecule has 4 aromatic rings. The number of amides is 1. The molecule has 1 N–H and O–H groups in total. The average Bonchev–Trinajstić information content (AvgIpc) is 3.22. The maximum atomic E-state index is 12.7. The normalized spacial score (nSPS) is 12.5. The molecule has 5 rings (SSSR count). The largest absolute Gasteiger partial charge is 0.488 e. The minimum Gasteiger partial charge on any atom is -0.488 e. The molecule has 0 saturated carbocycles. The first-order valence-electron chi connectivity index (χ1n) is 9.82. The van der Waals surface area contributed by atoms with Gasteiger partial charge < -0.3 is 9.15 Å². The van der Waals surface area contributed by atoms with Crippen LogP contribution in [0.15, 0.2) is 57.0 Å². The summed E-state index contributed by atoms with van der Waals surface area (Å²) in [4.78, 5) is 26.8. The first-order valence-corrected chi connectivity index (χ1v) is 11.0. The Bertz CT molecular complexity index is 1490. The molecule has 0 aliphatic carbocycles. The molecular weight excluding hydrogens is 448 g/mol. The van der Waals surface area contributed by atoms with Gasteiger partial charge in [-0.25, -0.2) is 5.43 Å². The summed E-state index contributed by atoms with van der Waals surface area (Å²) in [5, 5.41) is 4.79. The molecule has 3 heterocycles. The monoisotopic (exact) mass is 464 g/mol. The Morgan fingerprint density at radius 1 is 1.22 bits per heavy atom. The van der Waals surface area contributed by atoms with Crippen molar-refractivity contribution in [1.82, 2.24) is 5.43 Å². The van der Waals surface area contributed by atoms with E-state index in [1.807, 2.05) is 32.0 Å². The quantitative estimate of drug-likeness (QED) is 0.323. The van der Waals surface area contributed by atoms with Crippen molar-refractivity contribution in [3.8, 4) is 16.2 Å². The number of hydrogen-bond donors (Lipinski definition) is 1. The number of benzene rings is 2. The molecule has 0 spiro atoms. The first-order chi connectivity index (χ1) is 15.4. The van der Waals surface area contributed by atoms with E-state index in [4.69, 9.17) is 20.8 Å². The highest BCUT2D eigenvalue weighted by atomic mass is 35.5. The van der Waals surface area contributed by atoms with Gasteiger partial charge in [0.2, 0.25) is 5.43 Å². The molecule has 2 aromatic carbocycles. The van der Waals surface area contributed by atoms with E-state index in [2.05, 4.69) is 16.6 Å². The van der Waals surface area contributed by atoms with Crippen molar-refractivity contribution >= 4 is 46.0 Å². The van der Waals surface area contributed by atoms with Gasteiger partial charge in [-0.1, -0.05) is 23.2 Å². The van der Waals surface area contributed by atoms with Crippen LogP contribution >= 0.6 is 22.9 Å². The van der Waals surface area contributed by atoms with Crippen molar-refractivity contribution in [2.24, 2.45) is 5.10 Å². The van der Waals surface area contributed by atoms with Crippen molar-refractivity contribution < 1.29 is 13.9 Å². The van der Waals surface area contributed by atoms with Crippen LogP contribution in [0, 0.1) is 13.8 Å². The smallest absolute Gasteiger partial charge is 0.281 e. The number of halogens is 1. The number of thiophene rings is 1. The zero-order chi connectivity index (χ0) is 22.4. The molecule has 32 heavy (non-hydrogen) atoms. The predicted octanol–water partition coefficient (Wildman–Crippen LogP) is 5.45. The Kier molecular flexibility index (Phi) is 5.07. The van der Waals surface area contributed by atoms with Crippen LogP contribution in [0.25, 0.3) is 21.4 Å². The second kappa shape index (κ2) is 7.93. The number of fused-ring (bicyclic) bond motifs is 4. The lowest BCUT2D eigenvalue weighted by molar-refractivity contribution is 0.0959. The molecule has 1 aliphatic heterocycles. The third kappa shape index (κ3) is 3.59. The lowest BCUT2D eigenvalue weighted by Gasteiger charge is -2.17. The minimum absolute atomic E-state index is 0.209. The summed E-state index contributed by atoms with van der Waals surface area (Å²) in [7, 11) is 0. The number of hydrogen-bond acceptors (Lipinski definition) is 6. The molecule has 0 saturated heterocycles. The van der Waals surface area contributed by atoms with Crippen LogP contribution in [0.5, 0.6) is 5.75 Å². The minimum atomic E-state index is -0.362. The zero-order valence-electron chi connectivity index (χ0n) is 17.2. The van der Waals surface area contributed by atoms with Crippen LogP contribution in [0.1, 0.15) is 31.9 Å². The number of nitrogens with zero attached hydrogens (tertiary/aromatic N) is 1. The van der Waals surface area contributed by atoms with E-state index in [0.29, 0.717) is 27.5 Å². The maximum absolute atomic E-state index is 12.7. The summed E-state index contributed by atoms with van der Waals surface area (Å²) in [5.41, 5.74) is 6.75. The van der Waals surface area contributed by atoms with Crippen molar-refractivity contribution in [3.05, 3.63) is 85.0 Å². The maximum Gasteiger partial charge on any atom is 0.281 e. The fourth-order valence-corrected chi connectivity index (χ4v) is 4.79. The van der Waals surface area contributed by atoms with Gasteiger partial charge in [0.15, 0.2) is 0 Å². The van der Waals surface area contributed by atoms with Gasteiger partial charge in [0.25, 0.3) is 5.91 Å². The summed E-state index contributed by atoms with van der Waals surface area (Å²) >= 11 is 7.52. The number of aryl methyl sites for hydroxylation is 2. The summed E-state index contributed by atoms with van der Waals surface area (Å²) in [6.07, 6.45) is 2.58. The molecular formula is C24H17ClN2O4S. The standard InChI is InChI=1S/C24H17ClN2O4S/c1-12-3-4-19-17(5-12)23-14(10-30-19)7-21(32-23)24(29)27-26-9-15-11-31-20-6-13(2)18(25)8-16(20)22(15)28/h3-9,11H,10H2,1-2H3,(H,27,29)/b26-9+. The third-order valence-electron chi connectivity index (χ3n) is 5.25. The number of carbonyl (C=O) groups excluding carboxylic acids is 1. The van der Waals surface area contributed by atoms with E-state index >= 15 is 0 Å². The lowest BCUT2D eigenvalue weighted by Crippen LogP contribution is -2.17. The molecule has 1 aliphatic rings. The highest BCUT2D eigenvalue weighted by Gasteiger charge is 2.22. The Labute approximate surface area is 192 Å². The van der Waals surface area contributed by atoms with Crippen molar-refractivity contribution in [2.75, 3.05) is 0 Å². The Morgan fingerprint density at radius 2 is 2.06 bits per heavy atom. The summed E-state index contributed by atoms with van der Waals surface area (Å²) in [6.45, 7) is 4.27. The Morgan fingerprint density at radius 3 is 2.91 bits per heavy atom. The Balaban J connectivity index is 1.38. The lowest BCUT2D eigenvalue weighted by atomic mass is 10.0. The van der Waals surface area contributed by atoms with Crippen molar-refractivity contribution in [3.63, 3.8) is 0 Å². The van der Waals surface area contributed by atoms with Crippen LogP contribution in [-0.2, 0) is 6.61 Å². The van der Waals surface area contributed by atoms with Crippen LogP contribution in [-0.4, -0.2) is 12.1 Å². The summed E-state index contributed by atoms with van der Waals surface area (Å²) in [5.74, 6) is 0.451. The van der Waals surface area contributed by atoms with Gasteiger partial charge in [0, 0.05) is 21.0 Å². The molecule has 0 atom stereocenters. The van der Waals surface area contributed by atoms with Crippen LogP contribution in [0.4, 0.5) is 0 Å². The third-order valence-corrected chi connectivity index (χ3v) is 6.86. The van der Waals surface area contributed by atoms with Crippen LogP contribution < -0.4 is 15.6 Å². The van der Waals surface area contributed by atoms with Gasteiger partial charge in [-0.2, -0.15) is 5.10 Å². The zero-order valence-corrected chi connectivity index (χ0v) is 18.8. The Hall–Kier alpha value is -3.42. The van der Waals surface area contributed by atoms with Crippen LogP contribution in [0.3, 0.4) is 0 Å². The van der Waals surface area contributed by atoms with Gasteiger partial charge in [0.05, 0.1) is 22.0 Å². The van der Waals surface area contributed by atoms with Gasteiger partial charge >= 0.3 is 0 Å². The van der Waals surface area contributed by atoms with Crippen LogP contribution in [0.2, 0.25) is 5.02 Å². The molecule has 6 nitrogen and oxygen atoms in total. The van der Waals surface area contributed by atoms with E-state index in [0.717, 1.165) is 32.9 Å². The van der Waals surface area contributed by atoms with Gasteiger partial charge in [-0.3, -0.25) is 9.59 Å². The highest BCUT2D eigenvalue weighted by Crippen LogP contribution is 2.42. The molecule has 8 heteroatoms. The molecule has 0 radical (unpaired) electrons. The molecule has 160 valence electrons. The molecule has 1 amide bonds. The van der Waals surface area contributed by atoms with E-state index in [-0.39, 0.29) is 16.9 Å². The molecule has 2 aromatic heterocycles. The van der Waals surface area contributed by atoms with Gasteiger partial charge in [-0.05, 0) is 49.7 Å². The average molecular weight is 465 g/mol. The van der Waals surface area contributed by atoms with E-state index in [1.165, 1.54) is 23.8 Å². The van der Waals surface area contributed by atoms with E-state index in [9.17, 15) is 9.59 Å². The fourth-order valence-electron chi connectivity index (χ4n) is 3.55. The summed E-state index contributed by atoms with van der Waals surface area (Å²) in [6, 6.07) is 11.1. The number of rotatable bonds is 3. The van der Waals surface area contributed by atoms with Gasteiger partial charge in [0.1, 0.15) is 24.2 Å². The van der Waals surface area contributed by atoms with Crippen molar-refractivity contribution in [1.29, 1.82) is 0 Å². The van der Waals surface area contributed by atoms with E-state index < -0.39 is 0 Å². The van der Waals surface area contributed by atoms with E-state index in [1.54, 1.807) is 12.1 Å². The number of carbonyl (C=O) groups is 1. The number of hydrazone groups is 1. The number of nitrogens with one attached hydrogen (secondary N) is 1. The topological polar surface area (TPSA) is 80.9 Å². The molecule has 0 unspecified atom stereocenters. The second-order valence-electron chi connectivity index (χ2n) is 7.57. The van der Waals surface area contributed by atoms with Crippen molar-refractivity contribution in [2.45, 2.75) is 20.5 Å². The number of ether oxygens (including phenoxy) is 1.